The molecule has 3 aromatic rings. The van der Waals surface area contributed by atoms with E-state index < -0.39 is 0 Å². The monoisotopic (exact) mass is 217 g/mol. The van der Waals surface area contributed by atoms with Crippen LogP contribution in [0.4, 0.5) is 0 Å². The molecule has 17 heavy (non-hydrogen) atoms. The summed E-state index contributed by atoms with van der Waals surface area (Å²) in [5.74, 6) is 0. The van der Waals surface area contributed by atoms with Crippen LogP contribution in [0, 0.1) is 13.0 Å². The zero-order chi connectivity index (χ0) is 11.7. The van der Waals surface area contributed by atoms with Crippen molar-refractivity contribution in [3.8, 4) is 11.1 Å². The minimum absolute atomic E-state index is 1.27. The Morgan fingerprint density at radius 2 is 1.71 bits per heavy atom. The summed E-state index contributed by atoms with van der Waals surface area (Å²) in [6.45, 7) is 2.13. The highest BCUT2D eigenvalue weighted by molar-refractivity contribution is 5.87. The van der Waals surface area contributed by atoms with E-state index in [1.807, 2.05) is 12.1 Å². The summed E-state index contributed by atoms with van der Waals surface area (Å²) in [5, 5.41) is 2.58. The second-order valence-electron chi connectivity index (χ2n) is 4.30. The lowest BCUT2D eigenvalue weighted by atomic mass is 9.98. The van der Waals surface area contributed by atoms with Crippen LogP contribution in [0.1, 0.15) is 5.56 Å². The summed E-state index contributed by atoms with van der Waals surface area (Å²) >= 11 is 0. The van der Waals surface area contributed by atoms with E-state index >= 15 is 0 Å². The predicted molar refractivity (Wildman–Crippen MR) is 73.0 cm³/mol. The second kappa shape index (κ2) is 4.06. The first-order valence-electron chi connectivity index (χ1n) is 5.80. The molecule has 1 radical (unpaired) electrons. The van der Waals surface area contributed by atoms with Gasteiger partial charge < -0.3 is 0 Å². The van der Waals surface area contributed by atoms with E-state index in [9.17, 15) is 0 Å². The number of hydrogen-bond acceptors (Lipinski definition) is 0. The quantitative estimate of drug-likeness (QED) is 0.558. The van der Waals surface area contributed by atoms with Gasteiger partial charge in [-0.25, -0.2) is 0 Å². The topological polar surface area (TPSA) is 0 Å². The fourth-order valence-corrected chi connectivity index (χ4v) is 2.19. The van der Waals surface area contributed by atoms with E-state index in [-0.39, 0.29) is 0 Å². The minimum atomic E-state index is 1.27. The van der Waals surface area contributed by atoms with Crippen molar-refractivity contribution >= 4 is 10.8 Å². The average molecular weight is 217 g/mol. The van der Waals surface area contributed by atoms with Crippen LogP contribution in [-0.4, -0.2) is 0 Å². The molecule has 0 aliphatic rings. The lowest BCUT2D eigenvalue weighted by Gasteiger charge is -2.06. The molecule has 0 unspecified atom stereocenters. The van der Waals surface area contributed by atoms with Gasteiger partial charge in [0.2, 0.25) is 0 Å². The fraction of sp³-hybridized carbons (Fsp3) is 0.0588. The van der Waals surface area contributed by atoms with Crippen LogP contribution in [0.15, 0.2) is 60.7 Å². The van der Waals surface area contributed by atoms with Crippen molar-refractivity contribution in [1.29, 1.82) is 0 Å². The Labute approximate surface area is 102 Å². The molecule has 0 spiro atoms. The van der Waals surface area contributed by atoms with Gasteiger partial charge in [-0.3, -0.25) is 0 Å². The van der Waals surface area contributed by atoms with Gasteiger partial charge in [-0.1, -0.05) is 54.6 Å². The first kappa shape index (κ1) is 10.1. The highest BCUT2D eigenvalue weighted by atomic mass is 14.1. The predicted octanol–water partition coefficient (Wildman–Crippen LogP) is 4.62. The molecule has 0 atom stereocenters. The largest absolute Gasteiger partial charge is 0.0616 e. The molecule has 0 nitrogen and oxygen atoms in total. The van der Waals surface area contributed by atoms with Crippen molar-refractivity contribution in [1.82, 2.24) is 0 Å². The van der Waals surface area contributed by atoms with Crippen molar-refractivity contribution in [2.45, 2.75) is 6.92 Å². The Morgan fingerprint density at radius 3 is 2.53 bits per heavy atom. The van der Waals surface area contributed by atoms with Crippen molar-refractivity contribution in [2.24, 2.45) is 0 Å². The summed E-state index contributed by atoms with van der Waals surface area (Å²) in [4.78, 5) is 0. The molecule has 0 saturated heterocycles. The third-order valence-corrected chi connectivity index (χ3v) is 3.13. The smallest absolute Gasteiger partial charge is 0.0154 e. The van der Waals surface area contributed by atoms with E-state index in [1.165, 1.54) is 27.5 Å². The average Bonchev–Trinajstić information content (AvgIpc) is 2.39. The van der Waals surface area contributed by atoms with Crippen LogP contribution in [0.25, 0.3) is 21.9 Å². The molecule has 0 aromatic heterocycles. The maximum absolute atomic E-state index is 3.11. The number of rotatable bonds is 1. The zero-order valence-electron chi connectivity index (χ0n) is 9.77. The lowest BCUT2D eigenvalue weighted by Crippen LogP contribution is -1.82. The van der Waals surface area contributed by atoms with Gasteiger partial charge in [0.1, 0.15) is 0 Å². The van der Waals surface area contributed by atoms with Gasteiger partial charge in [0.15, 0.2) is 0 Å². The standard InChI is InChI=1S/C17H13/c1-13-6-2-5-9-17(13)16-11-10-14-7-3-4-8-15(14)12-16/h3-12H,1H3. The molecule has 0 N–H and O–H groups in total. The van der Waals surface area contributed by atoms with Gasteiger partial charge in [0.25, 0.3) is 0 Å². The fourth-order valence-electron chi connectivity index (χ4n) is 2.19. The molecule has 0 aliphatic heterocycles. The third kappa shape index (κ3) is 1.83. The maximum atomic E-state index is 3.11. The lowest BCUT2D eigenvalue weighted by molar-refractivity contribution is 1.46. The van der Waals surface area contributed by atoms with Crippen molar-refractivity contribution < 1.29 is 0 Å². The molecule has 81 valence electrons. The maximum Gasteiger partial charge on any atom is -0.0154 e. The Morgan fingerprint density at radius 1 is 0.882 bits per heavy atom. The number of benzene rings is 3. The van der Waals surface area contributed by atoms with Crippen LogP contribution in [0.3, 0.4) is 0 Å². The molecule has 0 bridgehead atoms. The summed E-state index contributed by atoms with van der Waals surface area (Å²) in [6, 6.07) is 24.3. The van der Waals surface area contributed by atoms with E-state index in [2.05, 4.69) is 61.5 Å². The summed E-state index contributed by atoms with van der Waals surface area (Å²) in [5.41, 5.74) is 3.83. The minimum Gasteiger partial charge on any atom is -0.0616 e. The van der Waals surface area contributed by atoms with E-state index in [1.54, 1.807) is 0 Å². The molecule has 0 aliphatic carbocycles. The van der Waals surface area contributed by atoms with Crippen LogP contribution in [-0.2, 0) is 0 Å². The van der Waals surface area contributed by atoms with Gasteiger partial charge >= 0.3 is 0 Å². The highest BCUT2D eigenvalue weighted by Crippen LogP contribution is 2.26. The van der Waals surface area contributed by atoms with Gasteiger partial charge in [-0.2, -0.15) is 0 Å². The van der Waals surface area contributed by atoms with Crippen LogP contribution in [0.5, 0.6) is 0 Å². The summed E-state index contributed by atoms with van der Waals surface area (Å²) < 4.78 is 0. The van der Waals surface area contributed by atoms with Gasteiger partial charge in [-0.05, 0) is 46.5 Å². The zero-order valence-corrected chi connectivity index (χ0v) is 9.77. The Hall–Kier alpha value is -2.08. The number of aryl methyl sites for hydroxylation is 1. The normalized spacial score (nSPS) is 10.6. The number of fused-ring (bicyclic) bond motifs is 1. The Bertz CT molecular complexity index is 665. The Balaban J connectivity index is 2.22. The third-order valence-electron chi connectivity index (χ3n) is 3.13. The van der Waals surface area contributed by atoms with Crippen molar-refractivity contribution in [3.63, 3.8) is 0 Å². The second-order valence-corrected chi connectivity index (χ2v) is 4.30. The molecule has 0 fully saturated rings. The SMILES string of the molecule is Cc1c[c]ccc1-c1ccc2ccccc2c1. The molecule has 0 amide bonds. The van der Waals surface area contributed by atoms with E-state index in [0.29, 0.717) is 0 Å². The van der Waals surface area contributed by atoms with Crippen LogP contribution in [0.2, 0.25) is 0 Å². The Kier molecular flexibility index (Phi) is 2.41. The van der Waals surface area contributed by atoms with Gasteiger partial charge in [-0.15, -0.1) is 0 Å². The van der Waals surface area contributed by atoms with Gasteiger partial charge in [0.05, 0.1) is 0 Å². The van der Waals surface area contributed by atoms with E-state index in [4.69, 9.17) is 0 Å². The van der Waals surface area contributed by atoms with Crippen molar-refractivity contribution in [2.75, 3.05) is 0 Å². The first-order chi connectivity index (χ1) is 8.34. The molecule has 0 heterocycles. The van der Waals surface area contributed by atoms with Crippen LogP contribution >= 0.6 is 0 Å². The van der Waals surface area contributed by atoms with Crippen LogP contribution < -0.4 is 0 Å². The molecule has 0 saturated carbocycles. The molecule has 3 aromatic carbocycles. The first-order valence-corrected chi connectivity index (χ1v) is 5.80. The highest BCUT2D eigenvalue weighted by Gasteiger charge is 2.01. The molecule has 0 heteroatoms. The summed E-state index contributed by atoms with van der Waals surface area (Å²) in [6.07, 6.45) is 0. The van der Waals surface area contributed by atoms with E-state index in [0.717, 1.165) is 0 Å². The van der Waals surface area contributed by atoms with Gasteiger partial charge in [0, 0.05) is 0 Å². The number of hydrogen-bond donors (Lipinski definition) is 0. The summed E-state index contributed by atoms with van der Waals surface area (Å²) in [7, 11) is 0. The van der Waals surface area contributed by atoms with Crippen molar-refractivity contribution in [3.05, 3.63) is 72.3 Å². The molecule has 3 rings (SSSR count). The molecular formula is C17H13. The molecular weight excluding hydrogens is 204 g/mol.